The van der Waals surface area contributed by atoms with E-state index >= 15 is 0 Å². The van der Waals surface area contributed by atoms with E-state index in [2.05, 4.69) is 26.1 Å². The Morgan fingerprint density at radius 3 is 2.60 bits per heavy atom. The largest absolute Gasteiger partial charge is 0.312 e. The van der Waals surface area contributed by atoms with Gasteiger partial charge in [-0.3, -0.25) is 0 Å². The molecule has 1 heteroatoms. The fourth-order valence-electron chi connectivity index (χ4n) is 1.98. The summed E-state index contributed by atoms with van der Waals surface area (Å²) >= 11 is 0. The van der Waals surface area contributed by atoms with Crippen LogP contribution in [-0.2, 0) is 0 Å². The fourth-order valence-corrected chi connectivity index (χ4v) is 1.98. The van der Waals surface area contributed by atoms with Gasteiger partial charge in [-0.2, -0.15) is 0 Å². The highest BCUT2D eigenvalue weighted by Gasteiger charge is 2.29. The lowest BCUT2D eigenvalue weighted by Gasteiger charge is -2.39. The summed E-state index contributed by atoms with van der Waals surface area (Å²) in [7, 11) is 0. The molecule has 1 rings (SSSR count). The van der Waals surface area contributed by atoms with Crippen LogP contribution in [0.15, 0.2) is 0 Å². The second kappa shape index (κ2) is 2.91. The Hall–Kier alpha value is -0.0400. The van der Waals surface area contributed by atoms with Crippen molar-refractivity contribution >= 4 is 0 Å². The van der Waals surface area contributed by atoms with E-state index in [9.17, 15) is 0 Å². The SMILES string of the molecule is CC[C@H]1CCCNC1(C)C. The topological polar surface area (TPSA) is 12.0 Å². The van der Waals surface area contributed by atoms with Crippen LogP contribution in [0.2, 0.25) is 0 Å². The van der Waals surface area contributed by atoms with Gasteiger partial charge in [0.15, 0.2) is 0 Å². The van der Waals surface area contributed by atoms with E-state index in [-0.39, 0.29) is 0 Å². The number of nitrogens with one attached hydrogen (secondary N) is 1. The Labute approximate surface area is 64.2 Å². The van der Waals surface area contributed by atoms with E-state index < -0.39 is 0 Å². The lowest BCUT2D eigenvalue weighted by molar-refractivity contribution is 0.190. The van der Waals surface area contributed by atoms with Gasteiger partial charge in [0.2, 0.25) is 0 Å². The molecule has 1 aliphatic heterocycles. The third-order valence-electron chi connectivity index (χ3n) is 2.82. The lowest BCUT2D eigenvalue weighted by Crippen LogP contribution is -2.49. The molecule has 0 aromatic carbocycles. The minimum Gasteiger partial charge on any atom is -0.312 e. The summed E-state index contributed by atoms with van der Waals surface area (Å²) in [5, 5.41) is 3.56. The van der Waals surface area contributed by atoms with Crippen molar-refractivity contribution in [2.24, 2.45) is 5.92 Å². The zero-order valence-electron chi connectivity index (χ0n) is 7.41. The Morgan fingerprint density at radius 2 is 2.20 bits per heavy atom. The molecule has 0 radical (unpaired) electrons. The summed E-state index contributed by atoms with van der Waals surface area (Å²) in [5.74, 6) is 0.890. The van der Waals surface area contributed by atoms with Gasteiger partial charge in [-0.15, -0.1) is 0 Å². The quantitative estimate of drug-likeness (QED) is 0.590. The third-order valence-corrected chi connectivity index (χ3v) is 2.82. The van der Waals surface area contributed by atoms with Gasteiger partial charge in [-0.1, -0.05) is 13.3 Å². The monoisotopic (exact) mass is 141 g/mol. The fraction of sp³-hybridized carbons (Fsp3) is 1.00. The van der Waals surface area contributed by atoms with Crippen molar-refractivity contribution in [1.29, 1.82) is 0 Å². The van der Waals surface area contributed by atoms with E-state index in [1.807, 2.05) is 0 Å². The van der Waals surface area contributed by atoms with E-state index in [1.54, 1.807) is 0 Å². The van der Waals surface area contributed by atoms with Crippen molar-refractivity contribution in [1.82, 2.24) is 5.32 Å². The maximum atomic E-state index is 3.56. The normalized spacial score (nSPS) is 32.1. The van der Waals surface area contributed by atoms with Crippen molar-refractivity contribution in [2.75, 3.05) is 6.54 Å². The predicted molar refractivity (Wildman–Crippen MR) is 45.1 cm³/mol. The van der Waals surface area contributed by atoms with Gasteiger partial charge in [0, 0.05) is 5.54 Å². The van der Waals surface area contributed by atoms with Crippen LogP contribution in [0, 0.1) is 5.92 Å². The first-order valence-electron chi connectivity index (χ1n) is 4.42. The molecule has 0 aliphatic carbocycles. The van der Waals surface area contributed by atoms with Gasteiger partial charge >= 0.3 is 0 Å². The first kappa shape index (κ1) is 8.06. The van der Waals surface area contributed by atoms with Crippen molar-refractivity contribution in [2.45, 2.75) is 45.6 Å². The van der Waals surface area contributed by atoms with E-state index in [0.29, 0.717) is 5.54 Å². The molecule has 0 spiro atoms. The summed E-state index contributed by atoms with van der Waals surface area (Å²) in [4.78, 5) is 0. The van der Waals surface area contributed by atoms with Crippen molar-refractivity contribution < 1.29 is 0 Å². The average Bonchev–Trinajstić information content (AvgIpc) is 1.87. The molecule has 1 saturated heterocycles. The molecule has 1 atom stereocenters. The minimum atomic E-state index is 0.396. The zero-order valence-corrected chi connectivity index (χ0v) is 7.41. The molecular formula is C9H19N. The van der Waals surface area contributed by atoms with Crippen LogP contribution >= 0.6 is 0 Å². The van der Waals surface area contributed by atoms with Gasteiger partial charge in [0.1, 0.15) is 0 Å². The van der Waals surface area contributed by atoms with Crippen molar-refractivity contribution in [3.8, 4) is 0 Å². The van der Waals surface area contributed by atoms with Crippen LogP contribution in [-0.4, -0.2) is 12.1 Å². The molecule has 0 bridgehead atoms. The summed E-state index contributed by atoms with van der Waals surface area (Å²) in [6, 6.07) is 0. The summed E-state index contributed by atoms with van der Waals surface area (Å²) in [6.45, 7) is 8.14. The number of piperidine rings is 1. The van der Waals surface area contributed by atoms with E-state index in [4.69, 9.17) is 0 Å². The maximum absolute atomic E-state index is 3.56. The van der Waals surface area contributed by atoms with Gasteiger partial charge in [0.25, 0.3) is 0 Å². The van der Waals surface area contributed by atoms with Crippen LogP contribution in [0.25, 0.3) is 0 Å². The van der Waals surface area contributed by atoms with Gasteiger partial charge in [-0.25, -0.2) is 0 Å². The predicted octanol–water partition coefficient (Wildman–Crippen LogP) is 2.17. The molecule has 0 aromatic heterocycles. The van der Waals surface area contributed by atoms with Crippen LogP contribution in [0.1, 0.15) is 40.0 Å². The third kappa shape index (κ3) is 1.51. The number of hydrogen-bond donors (Lipinski definition) is 1. The highest BCUT2D eigenvalue weighted by atomic mass is 15.0. The summed E-state index contributed by atoms with van der Waals surface area (Å²) in [5.41, 5.74) is 0.396. The van der Waals surface area contributed by atoms with Crippen LogP contribution in [0.3, 0.4) is 0 Å². The molecule has 1 nitrogen and oxygen atoms in total. The van der Waals surface area contributed by atoms with Gasteiger partial charge in [0.05, 0.1) is 0 Å². The highest BCUT2D eigenvalue weighted by molar-refractivity contribution is 4.88. The molecule has 10 heavy (non-hydrogen) atoms. The summed E-state index contributed by atoms with van der Waals surface area (Å²) < 4.78 is 0. The Morgan fingerprint density at radius 1 is 1.50 bits per heavy atom. The zero-order chi connectivity index (χ0) is 7.61. The second-order valence-corrected chi connectivity index (χ2v) is 3.90. The molecule has 0 saturated carbocycles. The first-order valence-corrected chi connectivity index (χ1v) is 4.42. The molecule has 1 fully saturated rings. The molecule has 0 unspecified atom stereocenters. The average molecular weight is 141 g/mol. The smallest absolute Gasteiger partial charge is 0.0153 e. The Balaban J connectivity index is 2.51. The van der Waals surface area contributed by atoms with Crippen molar-refractivity contribution in [3.63, 3.8) is 0 Å². The van der Waals surface area contributed by atoms with Gasteiger partial charge < -0.3 is 5.32 Å². The molecule has 0 aromatic rings. The van der Waals surface area contributed by atoms with E-state index in [0.717, 1.165) is 5.92 Å². The Bertz CT molecular complexity index is 107. The van der Waals surface area contributed by atoms with Crippen LogP contribution < -0.4 is 5.32 Å². The van der Waals surface area contributed by atoms with Crippen LogP contribution in [0.4, 0.5) is 0 Å². The summed E-state index contributed by atoms with van der Waals surface area (Å²) in [6.07, 6.45) is 4.10. The molecule has 1 aliphatic rings. The minimum absolute atomic E-state index is 0.396. The maximum Gasteiger partial charge on any atom is 0.0153 e. The Kier molecular flexibility index (Phi) is 2.35. The lowest BCUT2D eigenvalue weighted by atomic mass is 9.79. The molecule has 1 heterocycles. The highest BCUT2D eigenvalue weighted by Crippen LogP contribution is 2.27. The molecule has 0 amide bonds. The molecular weight excluding hydrogens is 122 g/mol. The van der Waals surface area contributed by atoms with Gasteiger partial charge in [-0.05, 0) is 39.2 Å². The number of rotatable bonds is 1. The standard InChI is InChI=1S/C9H19N/c1-4-8-6-5-7-10-9(8,2)3/h8,10H,4-7H2,1-3H3/t8-/m0/s1. The first-order chi connectivity index (χ1) is 4.67. The number of hydrogen-bond acceptors (Lipinski definition) is 1. The van der Waals surface area contributed by atoms with Crippen molar-refractivity contribution in [3.05, 3.63) is 0 Å². The molecule has 1 N–H and O–H groups in total. The van der Waals surface area contributed by atoms with Crippen LogP contribution in [0.5, 0.6) is 0 Å². The second-order valence-electron chi connectivity index (χ2n) is 3.90. The molecule has 60 valence electrons. The van der Waals surface area contributed by atoms with E-state index in [1.165, 1.54) is 25.8 Å².